The molecule has 1 aromatic carbocycles. The Morgan fingerprint density at radius 1 is 1.26 bits per heavy atom. The van der Waals surface area contributed by atoms with Gasteiger partial charge in [0.05, 0.1) is 11.4 Å². The van der Waals surface area contributed by atoms with Crippen molar-refractivity contribution in [2.24, 2.45) is 7.05 Å². The fourth-order valence-corrected chi connectivity index (χ4v) is 2.36. The summed E-state index contributed by atoms with van der Waals surface area (Å²) in [6.07, 6.45) is 0. The summed E-state index contributed by atoms with van der Waals surface area (Å²) in [4.78, 5) is 2.14. The van der Waals surface area contributed by atoms with E-state index < -0.39 is 0 Å². The number of rotatable bonds is 4. The standard InChI is InChI=1S/C15H22N4/c1-11(2)14-13(16)15(19(4)17-14)18(3)10-12-8-6-5-7-9-12/h5-9,11H,10,16H2,1-4H3. The number of benzene rings is 1. The number of aryl methyl sites for hydroxylation is 1. The Balaban J connectivity index is 2.27. The molecule has 0 unspecified atom stereocenters. The van der Waals surface area contributed by atoms with Crippen molar-refractivity contribution >= 4 is 11.5 Å². The second-order valence-electron chi connectivity index (χ2n) is 5.24. The van der Waals surface area contributed by atoms with Crippen LogP contribution in [0.15, 0.2) is 30.3 Å². The second kappa shape index (κ2) is 5.34. The van der Waals surface area contributed by atoms with Crippen LogP contribution in [0.1, 0.15) is 31.0 Å². The number of aromatic nitrogens is 2. The molecule has 1 aromatic heterocycles. The lowest BCUT2D eigenvalue weighted by molar-refractivity contribution is 0.698. The average Bonchev–Trinajstić information content (AvgIpc) is 2.66. The smallest absolute Gasteiger partial charge is 0.150 e. The van der Waals surface area contributed by atoms with Gasteiger partial charge in [0.2, 0.25) is 0 Å². The molecular weight excluding hydrogens is 236 g/mol. The van der Waals surface area contributed by atoms with E-state index in [2.05, 4.69) is 48.1 Å². The maximum atomic E-state index is 6.23. The zero-order chi connectivity index (χ0) is 14.0. The van der Waals surface area contributed by atoms with Crippen LogP contribution in [-0.4, -0.2) is 16.8 Å². The Kier molecular flexibility index (Phi) is 3.79. The molecule has 4 heteroatoms. The molecule has 19 heavy (non-hydrogen) atoms. The highest BCUT2D eigenvalue weighted by Crippen LogP contribution is 2.30. The largest absolute Gasteiger partial charge is 0.394 e. The van der Waals surface area contributed by atoms with Crippen molar-refractivity contribution in [1.29, 1.82) is 0 Å². The summed E-state index contributed by atoms with van der Waals surface area (Å²) >= 11 is 0. The molecule has 0 aliphatic heterocycles. The van der Waals surface area contributed by atoms with Crippen LogP contribution in [0.2, 0.25) is 0 Å². The molecule has 2 aromatic rings. The normalized spacial score (nSPS) is 11.0. The molecular formula is C15H22N4. The van der Waals surface area contributed by atoms with Gasteiger partial charge in [-0.05, 0) is 11.5 Å². The summed E-state index contributed by atoms with van der Waals surface area (Å²) in [7, 11) is 3.99. The van der Waals surface area contributed by atoms with E-state index in [1.165, 1.54) is 5.56 Å². The molecule has 0 fully saturated rings. The monoisotopic (exact) mass is 258 g/mol. The van der Waals surface area contributed by atoms with Crippen molar-refractivity contribution in [3.63, 3.8) is 0 Å². The maximum Gasteiger partial charge on any atom is 0.150 e. The number of anilines is 2. The van der Waals surface area contributed by atoms with Crippen LogP contribution in [0.3, 0.4) is 0 Å². The third-order valence-corrected chi connectivity index (χ3v) is 3.25. The Morgan fingerprint density at radius 2 is 1.89 bits per heavy atom. The molecule has 0 atom stereocenters. The van der Waals surface area contributed by atoms with E-state index in [4.69, 9.17) is 5.73 Å². The molecule has 0 spiro atoms. The van der Waals surface area contributed by atoms with E-state index in [9.17, 15) is 0 Å². The Labute approximate surface area is 114 Å². The van der Waals surface area contributed by atoms with Crippen LogP contribution in [-0.2, 0) is 13.6 Å². The van der Waals surface area contributed by atoms with Gasteiger partial charge in [-0.1, -0.05) is 44.2 Å². The fraction of sp³-hybridized carbons (Fsp3) is 0.400. The Bertz CT molecular complexity index is 543. The van der Waals surface area contributed by atoms with Gasteiger partial charge < -0.3 is 10.6 Å². The molecule has 0 bridgehead atoms. The van der Waals surface area contributed by atoms with E-state index in [0.29, 0.717) is 5.92 Å². The van der Waals surface area contributed by atoms with Gasteiger partial charge in [-0.15, -0.1) is 0 Å². The van der Waals surface area contributed by atoms with Crippen molar-refractivity contribution in [3.05, 3.63) is 41.6 Å². The van der Waals surface area contributed by atoms with Crippen LogP contribution in [0.25, 0.3) is 0 Å². The van der Waals surface area contributed by atoms with Crippen LogP contribution < -0.4 is 10.6 Å². The molecule has 0 saturated heterocycles. The predicted octanol–water partition coefficient (Wildman–Crippen LogP) is 2.76. The van der Waals surface area contributed by atoms with Crippen molar-refractivity contribution in [2.45, 2.75) is 26.3 Å². The third kappa shape index (κ3) is 2.72. The number of nitrogens with zero attached hydrogens (tertiary/aromatic N) is 3. The van der Waals surface area contributed by atoms with Gasteiger partial charge in [-0.25, -0.2) is 0 Å². The lowest BCUT2D eigenvalue weighted by atomic mass is 10.1. The second-order valence-corrected chi connectivity index (χ2v) is 5.24. The van der Waals surface area contributed by atoms with Crippen LogP contribution >= 0.6 is 0 Å². The quantitative estimate of drug-likeness (QED) is 0.917. The molecule has 1 heterocycles. The minimum Gasteiger partial charge on any atom is -0.394 e. The van der Waals surface area contributed by atoms with Gasteiger partial charge in [0.1, 0.15) is 5.82 Å². The van der Waals surface area contributed by atoms with E-state index in [1.807, 2.05) is 24.8 Å². The summed E-state index contributed by atoms with van der Waals surface area (Å²) in [5.74, 6) is 1.32. The summed E-state index contributed by atoms with van der Waals surface area (Å²) in [5, 5.41) is 4.52. The van der Waals surface area contributed by atoms with Gasteiger partial charge in [0, 0.05) is 20.6 Å². The van der Waals surface area contributed by atoms with Crippen molar-refractivity contribution in [1.82, 2.24) is 9.78 Å². The Morgan fingerprint density at radius 3 is 2.42 bits per heavy atom. The lowest BCUT2D eigenvalue weighted by Gasteiger charge is -2.20. The van der Waals surface area contributed by atoms with Crippen molar-refractivity contribution in [3.8, 4) is 0 Å². The fourth-order valence-electron chi connectivity index (χ4n) is 2.36. The maximum absolute atomic E-state index is 6.23. The van der Waals surface area contributed by atoms with Gasteiger partial charge in [-0.2, -0.15) is 5.10 Å². The number of nitrogens with two attached hydrogens (primary N) is 1. The summed E-state index contributed by atoms with van der Waals surface area (Å²) in [6.45, 7) is 5.04. The van der Waals surface area contributed by atoms with E-state index in [-0.39, 0.29) is 0 Å². The third-order valence-electron chi connectivity index (χ3n) is 3.25. The summed E-state index contributed by atoms with van der Waals surface area (Å²) in [6, 6.07) is 10.4. The molecule has 2 rings (SSSR count). The topological polar surface area (TPSA) is 47.1 Å². The molecule has 4 nitrogen and oxygen atoms in total. The summed E-state index contributed by atoms with van der Waals surface area (Å²) in [5.41, 5.74) is 9.25. The molecule has 102 valence electrons. The van der Waals surface area contributed by atoms with E-state index in [1.54, 1.807) is 0 Å². The molecule has 0 saturated carbocycles. The lowest BCUT2D eigenvalue weighted by Crippen LogP contribution is -2.20. The molecule has 2 N–H and O–H groups in total. The van der Waals surface area contributed by atoms with E-state index >= 15 is 0 Å². The highest BCUT2D eigenvalue weighted by Gasteiger charge is 2.18. The SMILES string of the molecule is CC(C)c1nn(C)c(N(C)Cc2ccccc2)c1N. The molecule has 0 aliphatic carbocycles. The van der Waals surface area contributed by atoms with Crippen molar-refractivity contribution < 1.29 is 0 Å². The van der Waals surface area contributed by atoms with Gasteiger partial charge in [0.25, 0.3) is 0 Å². The van der Waals surface area contributed by atoms with Crippen LogP contribution in [0.4, 0.5) is 11.5 Å². The van der Waals surface area contributed by atoms with Gasteiger partial charge in [0.15, 0.2) is 0 Å². The van der Waals surface area contributed by atoms with Crippen LogP contribution in [0.5, 0.6) is 0 Å². The first kappa shape index (κ1) is 13.5. The molecule has 0 radical (unpaired) electrons. The minimum atomic E-state index is 0.338. The highest BCUT2D eigenvalue weighted by molar-refractivity contribution is 5.66. The number of nitrogen functional groups attached to an aromatic ring is 1. The average molecular weight is 258 g/mol. The van der Waals surface area contributed by atoms with Gasteiger partial charge >= 0.3 is 0 Å². The van der Waals surface area contributed by atoms with Gasteiger partial charge in [-0.3, -0.25) is 4.68 Å². The zero-order valence-corrected chi connectivity index (χ0v) is 12.1. The molecule has 0 amide bonds. The first-order valence-corrected chi connectivity index (χ1v) is 6.58. The first-order chi connectivity index (χ1) is 9.00. The number of hydrogen-bond acceptors (Lipinski definition) is 3. The zero-order valence-electron chi connectivity index (χ0n) is 12.1. The minimum absolute atomic E-state index is 0.338. The number of hydrogen-bond donors (Lipinski definition) is 1. The van der Waals surface area contributed by atoms with Crippen molar-refractivity contribution in [2.75, 3.05) is 17.7 Å². The predicted molar refractivity (Wildman–Crippen MR) is 80.3 cm³/mol. The van der Waals surface area contributed by atoms with Crippen LogP contribution in [0, 0.1) is 0 Å². The summed E-state index contributed by atoms with van der Waals surface area (Å²) < 4.78 is 1.87. The Hall–Kier alpha value is -1.97. The highest BCUT2D eigenvalue weighted by atomic mass is 15.4. The molecule has 0 aliphatic rings. The first-order valence-electron chi connectivity index (χ1n) is 6.58. The van der Waals surface area contributed by atoms with E-state index in [0.717, 1.165) is 23.7 Å².